The van der Waals surface area contributed by atoms with Gasteiger partial charge < -0.3 is 19.5 Å². The van der Waals surface area contributed by atoms with Gasteiger partial charge in [0.25, 0.3) is 5.79 Å². The van der Waals surface area contributed by atoms with E-state index in [1.807, 2.05) is 24.3 Å². The Morgan fingerprint density at radius 2 is 2.33 bits per heavy atom. The zero-order valence-electron chi connectivity index (χ0n) is 8.53. The van der Waals surface area contributed by atoms with Crippen molar-refractivity contribution in [2.75, 3.05) is 19.0 Å². The van der Waals surface area contributed by atoms with E-state index in [1.165, 1.54) is 0 Å². The van der Waals surface area contributed by atoms with Crippen molar-refractivity contribution >= 4 is 5.69 Å². The van der Waals surface area contributed by atoms with E-state index in [-0.39, 0.29) is 6.23 Å². The van der Waals surface area contributed by atoms with Crippen molar-refractivity contribution in [1.82, 2.24) is 0 Å². The quantitative estimate of drug-likeness (QED) is 0.759. The Balaban J connectivity index is 2.01. The maximum Gasteiger partial charge on any atom is 0.257 e. The Morgan fingerprint density at radius 1 is 1.47 bits per heavy atom. The maximum atomic E-state index is 5.88. The Hall–Kier alpha value is -1.26. The molecule has 2 aliphatic rings. The van der Waals surface area contributed by atoms with Gasteiger partial charge in [-0.05, 0) is 12.1 Å². The van der Waals surface area contributed by atoms with Gasteiger partial charge in [0.15, 0.2) is 6.23 Å². The highest BCUT2D eigenvalue weighted by molar-refractivity contribution is 5.58. The monoisotopic (exact) mass is 207 g/mol. The van der Waals surface area contributed by atoms with Crippen LogP contribution in [-0.2, 0) is 9.47 Å². The lowest BCUT2D eigenvalue weighted by atomic mass is 10.1. The molecule has 0 amide bonds. The molecule has 0 saturated carbocycles. The first kappa shape index (κ1) is 9.00. The van der Waals surface area contributed by atoms with E-state index >= 15 is 0 Å². The second-order valence-electron chi connectivity index (χ2n) is 3.76. The minimum absolute atomic E-state index is 0.211. The number of hydrogen-bond acceptors (Lipinski definition) is 4. The lowest BCUT2D eigenvalue weighted by Gasteiger charge is -2.38. The van der Waals surface area contributed by atoms with Gasteiger partial charge in [-0.1, -0.05) is 12.1 Å². The Labute approximate surface area is 88.1 Å². The number of fused-ring (bicyclic) bond motifs is 2. The normalized spacial score (nSPS) is 32.5. The summed E-state index contributed by atoms with van der Waals surface area (Å²) in [5.74, 6) is 0.162. The minimum Gasteiger partial charge on any atom is -0.455 e. The van der Waals surface area contributed by atoms with E-state index in [1.54, 1.807) is 7.11 Å². The molecular formula is C11H13NO3. The van der Waals surface area contributed by atoms with Gasteiger partial charge in [-0.25, -0.2) is 0 Å². The van der Waals surface area contributed by atoms with Gasteiger partial charge in [0.1, 0.15) is 5.75 Å². The van der Waals surface area contributed by atoms with Gasteiger partial charge in [0.2, 0.25) is 0 Å². The van der Waals surface area contributed by atoms with Crippen LogP contribution in [0.15, 0.2) is 24.3 Å². The Kier molecular flexibility index (Phi) is 1.87. The average molecular weight is 207 g/mol. The highest BCUT2D eigenvalue weighted by atomic mass is 16.7. The van der Waals surface area contributed by atoms with Crippen molar-refractivity contribution in [1.29, 1.82) is 0 Å². The van der Waals surface area contributed by atoms with Crippen LogP contribution in [0.4, 0.5) is 5.69 Å². The first-order valence-corrected chi connectivity index (χ1v) is 5.05. The molecule has 80 valence electrons. The fourth-order valence-corrected chi connectivity index (χ4v) is 2.09. The molecule has 2 heterocycles. The van der Waals surface area contributed by atoms with Crippen molar-refractivity contribution in [3.63, 3.8) is 0 Å². The first-order chi connectivity index (χ1) is 7.34. The minimum atomic E-state index is -0.658. The van der Waals surface area contributed by atoms with Gasteiger partial charge in [-0.3, -0.25) is 0 Å². The van der Waals surface area contributed by atoms with Gasteiger partial charge >= 0.3 is 0 Å². The molecule has 0 spiro atoms. The van der Waals surface area contributed by atoms with Crippen molar-refractivity contribution < 1.29 is 14.2 Å². The third-order valence-electron chi connectivity index (χ3n) is 2.94. The van der Waals surface area contributed by atoms with E-state index < -0.39 is 5.79 Å². The summed E-state index contributed by atoms with van der Waals surface area (Å²) in [6.07, 6.45) is 0.535. The largest absolute Gasteiger partial charge is 0.455 e. The number of anilines is 1. The van der Waals surface area contributed by atoms with Crippen LogP contribution in [0, 0.1) is 0 Å². The summed E-state index contributed by atoms with van der Waals surface area (Å²) in [4.78, 5) is 0. The van der Waals surface area contributed by atoms with Crippen molar-refractivity contribution in [3.8, 4) is 5.75 Å². The third-order valence-corrected chi connectivity index (χ3v) is 2.94. The number of para-hydroxylation sites is 2. The van der Waals surface area contributed by atoms with E-state index in [0.29, 0.717) is 6.61 Å². The van der Waals surface area contributed by atoms with Crippen LogP contribution < -0.4 is 10.1 Å². The van der Waals surface area contributed by atoms with E-state index in [4.69, 9.17) is 14.2 Å². The van der Waals surface area contributed by atoms with Crippen LogP contribution in [0.2, 0.25) is 0 Å². The summed E-state index contributed by atoms with van der Waals surface area (Å²) in [5, 5.41) is 3.28. The molecular weight excluding hydrogens is 194 g/mol. The summed E-state index contributed by atoms with van der Waals surface area (Å²) in [6.45, 7) is 0.652. The second kappa shape index (κ2) is 3.12. The molecule has 2 atom stereocenters. The van der Waals surface area contributed by atoms with Crippen LogP contribution in [-0.4, -0.2) is 25.7 Å². The standard InChI is InChI=1S/C11H13NO3/c1-13-11-6-7-14-10(11)12-8-4-2-3-5-9(8)15-11/h2-5,10,12H,6-7H2,1H3/t10-,11+/m0/s1. The summed E-state index contributed by atoms with van der Waals surface area (Å²) in [7, 11) is 1.65. The molecule has 1 aromatic carbocycles. The smallest absolute Gasteiger partial charge is 0.257 e. The highest BCUT2D eigenvalue weighted by Gasteiger charge is 2.50. The molecule has 0 unspecified atom stereocenters. The molecule has 4 heteroatoms. The fraction of sp³-hybridized carbons (Fsp3) is 0.455. The Morgan fingerprint density at radius 3 is 3.20 bits per heavy atom. The number of methoxy groups -OCH3 is 1. The van der Waals surface area contributed by atoms with E-state index in [9.17, 15) is 0 Å². The molecule has 4 nitrogen and oxygen atoms in total. The van der Waals surface area contributed by atoms with Crippen molar-refractivity contribution in [2.45, 2.75) is 18.4 Å². The first-order valence-electron chi connectivity index (χ1n) is 5.05. The molecule has 1 aromatic rings. The zero-order chi connectivity index (χ0) is 10.3. The van der Waals surface area contributed by atoms with Gasteiger partial charge in [-0.15, -0.1) is 0 Å². The molecule has 2 aliphatic heterocycles. The molecule has 0 aromatic heterocycles. The number of hydrogen-bond donors (Lipinski definition) is 1. The van der Waals surface area contributed by atoms with Gasteiger partial charge in [-0.2, -0.15) is 0 Å². The number of ether oxygens (including phenoxy) is 3. The van der Waals surface area contributed by atoms with Gasteiger partial charge in [0, 0.05) is 13.5 Å². The molecule has 3 rings (SSSR count). The van der Waals surface area contributed by atoms with E-state index in [0.717, 1.165) is 17.9 Å². The van der Waals surface area contributed by atoms with Crippen LogP contribution in [0.3, 0.4) is 0 Å². The molecule has 1 saturated heterocycles. The lowest BCUT2D eigenvalue weighted by molar-refractivity contribution is -0.191. The predicted octanol–water partition coefficient (Wildman–Crippen LogP) is 1.58. The second-order valence-corrected chi connectivity index (χ2v) is 3.76. The molecule has 0 radical (unpaired) electrons. The zero-order valence-corrected chi connectivity index (χ0v) is 8.53. The summed E-state index contributed by atoms with van der Waals surface area (Å²) >= 11 is 0. The van der Waals surface area contributed by atoms with E-state index in [2.05, 4.69) is 5.32 Å². The van der Waals surface area contributed by atoms with Crippen LogP contribution in [0.5, 0.6) is 5.75 Å². The summed E-state index contributed by atoms with van der Waals surface area (Å²) in [5.41, 5.74) is 0.956. The molecule has 15 heavy (non-hydrogen) atoms. The fourth-order valence-electron chi connectivity index (χ4n) is 2.09. The topological polar surface area (TPSA) is 39.7 Å². The van der Waals surface area contributed by atoms with Gasteiger partial charge in [0.05, 0.1) is 12.3 Å². The predicted molar refractivity (Wildman–Crippen MR) is 54.8 cm³/mol. The van der Waals surface area contributed by atoms with Crippen LogP contribution >= 0.6 is 0 Å². The summed E-state index contributed by atoms with van der Waals surface area (Å²) < 4.78 is 16.9. The number of nitrogens with one attached hydrogen (secondary N) is 1. The molecule has 1 fully saturated rings. The third kappa shape index (κ3) is 1.22. The number of rotatable bonds is 1. The van der Waals surface area contributed by atoms with Crippen LogP contribution in [0.1, 0.15) is 6.42 Å². The number of benzene rings is 1. The lowest BCUT2D eigenvalue weighted by Crippen LogP contribution is -2.52. The Bertz CT molecular complexity index is 382. The van der Waals surface area contributed by atoms with Crippen LogP contribution in [0.25, 0.3) is 0 Å². The van der Waals surface area contributed by atoms with Crippen molar-refractivity contribution in [3.05, 3.63) is 24.3 Å². The molecule has 0 aliphatic carbocycles. The summed E-state index contributed by atoms with van der Waals surface area (Å²) in [6, 6.07) is 7.80. The average Bonchev–Trinajstić information content (AvgIpc) is 2.69. The molecule has 1 N–H and O–H groups in total. The molecule has 0 bridgehead atoms. The SMILES string of the molecule is CO[C@@]12CCO[C@@H]1Nc1ccccc1O2. The highest BCUT2D eigenvalue weighted by Crippen LogP contribution is 2.41. The maximum absolute atomic E-state index is 5.88. The van der Waals surface area contributed by atoms with Crippen molar-refractivity contribution in [2.24, 2.45) is 0 Å².